The summed E-state index contributed by atoms with van der Waals surface area (Å²) in [4.78, 5) is 22.7. The van der Waals surface area contributed by atoms with E-state index in [1.165, 1.54) is 5.56 Å². The molecule has 3 aromatic rings. The minimum Gasteiger partial charge on any atom is -0.371 e. The number of hydrogen-bond acceptors (Lipinski definition) is 5. The van der Waals surface area contributed by atoms with Gasteiger partial charge in [0.2, 0.25) is 0 Å². The third-order valence-electron chi connectivity index (χ3n) is 7.03. The zero-order chi connectivity index (χ0) is 27.7. The number of anilines is 1. The summed E-state index contributed by atoms with van der Waals surface area (Å²) >= 11 is 0. The molecule has 0 saturated carbocycles. The van der Waals surface area contributed by atoms with Crippen molar-refractivity contribution in [3.63, 3.8) is 0 Å². The number of aromatic nitrogens is 3. The average molecular weight is 515 g/mol. The highest BCUT2D eigenvalue weighted by atomic mass is 16.2. The summed E-state index contributed by atoms with van der Waals surface area (Å²) in [6.07, 6.45) is 3.92. The zero-order valence-corrected chi connectivity index (χ0v) is 23.8. The number of nitriles is 1. The molecule has 0 radical (unpaired) electrons. The highest BCUT2D eigenvalue weighted by Crippen LogP contribution is 2.34. The van der Waals surface area contributed by atoms with Gasteiger partial charge < -0.3 is 9.80 Å². The highest BCUT2D eigenvalue weighted by molar-refractivity contribution is 5.98. The number of H-pyrrole nitrogens is 1. The van der Waals surface area contributed by atoms with Crippen LogP contribution in [0, 0.1) is 25.2 Å². The number of aryl methyl sites for hydroxylation is 2. The van der Waals surface area contributed by atoms with E-state index < -0.39 is 0 Å². The summed E-state index contributed by atoms with van der Waals surface area (Å²) in [6.45, 7) is 15.6. The molecule has 0 bridgehead atoms. The fourth-order valence-corrected chi connectivity index (χ4v) is 5.14. The standard InChI is InChI=1S/C29H36N6O.C2H6/c1-5-13-34(14-6-2)27-17-20(3)25(18-26(27)28-31-21(4)32-33-28)29(36)35-15-11-24(12-16-35)23-9-7-22(19-30)8-10-23;1-2/h7-10,17-18,24H,5-6,11-16H2,1-4H3,(H,31,32,33);1-2H3. The normalized spacial score (nSPS) is 13.4. The molecular weight excluding hydrogens is 472 g/mol. The molecule has 202 valence electrons. The van der Waals surface area contributed by atoms with E-state index in [1.54, 1.807) is 0 Å². The summed E-state index contributed by atoms with van der Waals surface area (Å²) in [5.41, 5.74) is 5.63. The lowest BCUT2D eigenvalue weighted by Crippen LogP contribution is -2.38. The predicted octanol–water partition coefficient (Wildman–Crippen LogP) is 6.63. The van der Waals surface area contributed by atoms with E-state index in [9.17, 15) is 4.79 Å². The van der Waals surface area contributed by atoms with Gasteiger partial charge in [-0.05, 0) is 80.8 Å². The molecule has 1 aliphatic heterocycles. The molecule has 0 spiro atoms. The number of benzene rings is 2. The Morgan fingerprint density at radius 1 is 1.08 bits per heavy atom. The summed E-state index contributed by atoms with van der Waals surface area (Å²) < 4.78 is 0. The van der Waals surface area contributed by atoms with Gasteiger partial charge in [0.05, 0.1) is 11.6 Å². The fourth-order valence-electron chi connectivity index (χ4n) is 5.14. The average Bonchev–Trinajstić information content (AvgIpc) is 3.39. The minimum atomic E-state index is 0.0726. The number of nitrogens with zero attached hydrogens (tertiary/aromatic N) is 5. The number of hydrogen-bond donors (Lipinski definition) is 1. The van der Waals surface area contributed by atoms with Crippen LogP contribution in [0.4, 0.5) is 5.69 Å². The second-order valence-electron chi connectivity index (χ2n) is 9.72. The summed E-state index contributed by atoms with van der Waals surface area (Å²) in [5.74, 6) is 1.87. The van der Waals surface area contributed by atoms with E-state index in [2.05, 4.69) is 46.1 Å². The number of amides is 1. The Hall–Kier alpha value is -3.66. The van der Waals surface area contributed by atoms with Crippen LogP contribution in [0.1, 0.15) is 92.2 Å². The second-order valence-corrected chi connectivity index (χ2v) is 9.72. The molecule has 7 nitrogen and oxygen atoms in total. The van der Waals surface area contributed by atoms with E-state index >= 15 is 0 Å². The molecular formula is C31H42N6O. The number of nitrogens with one attached hydrogen (secondary N) is 1. The molecule has 2 aromatic carbocycles. The molecule has 1 aliphatic rings. The van der Waals surface area contributed by atoms with Gasteiger partial charge in [-0.3, -0.25) is 9.89 Å². The Kier molecular flexibility index (Phi) is 10.5. The first-order valence-corrected chi connectivity index (χ1v) is 14.0. The quantitative estimate of drug-likeness (QED) is 0.364. The number of rotatable bonds is 8. The van der Waals surface area contributed by atoms with Crippen LogP contribution in [0.2, 0.25) is 0 Å². The lowest BCUT2D eigenvalue weighted by molar-refractivity contribution is 0.0712. The molecule has 38 heavy (non-hydrogen) atoms. The van der Waals surface area contributed by atoms with Gasteiger partial charge in [0, 0.05) is 43.0 Å². The van der Waals surface area contributed by atoms with Gasteiger partial charge in [0.15, 0.2) is 5.82 Å². The Morgan fingerprint density at radius 2 is 1.71 bits per heavy atom. The van der Waals surface area contributed by atoms with E-state index in [4.69, 9.17) is 5.26 Å². The van der Waals surface area contributed by atoms with Gasteiger partial charge in [-0.25, -0.2) is 4.98 Å². The predicted molar refractivity (Wildman–Crippen MR) is 154 cm³/mol. The lowest BCUT2D eigenvalue weighted by atomic mass is 9.88. The SMILES string of the molecule is CC.CCCN(CCC)c1cc(C)c(C(=O)N2CCC(c3ccc(C#N)cc3)CC2)cc1-c1n[nH]c(C)n1. The van der Waals surface area contributed by atoms with E-state index in [1.807, 2.05) is 62.9 Å². The first-order valence-electron chi connectivity index (χ1n) is 14.0. The summed E-state index contributed by atoms with van der Waals surface area (Å²) in [7, 11) is 0. The van der Waals surface area contributed by atoms with Crippen molar-refractivity contribution in [1.82, 2.24) is 20.1 Å². The van der Waals surface area contributed by atoms with Crippen LogP contribution in [0.5, 0.6) is 0 Å². The molecule has 0 unspecified atom stereocenters. The molecule has 7 heteroatoms. The molecule has 1 saturated heterocycles. The Labute approximate surface area is 227 Å². The summed E-state index contributed by atoms with van der Waals surface area (Å²) in [5, 5.41) is 16.5. The van der Waals surface area contributed by atoms with Crippen LogP contribution >= 0.6 is 0 Å². The number of aromatic amines is 1. The fraction of sp³-hybridized carbons (Fsp3) is 0.484. The van der Waals surface area contributed by atoms with Crippen molar-refractivity contribution in [3.8, 4) is 17.5 Å². The number of piperidine rings is 1. The van der Waals surface area contributed by atoms with Crippen LogP contribution in [0.3, 0.4) is 0 Å². The molecule has 0 aliphatic carbocycles. The number of carbonyl (C=O) groups is 1. The number of likely N-dealkylation sites (tertiary alicyclic amines) is 1. The smallest absolute Gasteiger partial charge is 0.254 e. The Balaban J connectivity index is 0.00000195. The van der Waals surface area contributed by atoms with E-state index in [0.717, 1.165) is 80.1 Å². The molecule has 0 atom stereocenters. The Morgan fingerprint density at radius 3 is 2.24 bits per heavy atom. The van der Waals surface area contributed by atoms with Gasteiger partial charge in [-0.2, -0.15) is 10.4 Å². The lowest BCUT2D eigenvalue weighted by Gasteiger charge is -2.33. The molecule has 4 rings (SSSR count). The first-order chi connectivity index (χ1) is 18.4. The zero-order valence-electron chi connectivity index (χ0n) is 23.8. The maximum absolute atomic E-state index is 13.7. The second kappa shape index (κ2) is 13.8. The van der Waals surface area contributed by atoms with E-state index in [0.29, 0.717) is 17.3 Å². The maximum Gasteiger partial charge on any atom is 0.254 e. The van der Waals surface area contributed by atoms with Crippen molar-refractivity contribution >= 4 is 11.6 Å². The van der Waals surface area contributed by atoms with Crippen molar-refractivity contribution in [1.29, 1.82) is 5.26 Å². The van der Waals surface area contributed by atoms with Crippen LogP contribution < -0.4 is 4.90 Å². The maximum atomic E-state index is 13.7. The highest BCUT2D eigenvalue weighted by Gasteiger charge is 2.27. The third kappa shape index (κ3) is 6.61. The molecule has 2 heterocycles. The van der Waals surface area contributed by atoms with Gasteiger partial charge in [-0.1, -0.05) is 39.8 Å². The van der Waals surface area contributed by atoms with Gasteiger partial charge in [-0.15, -0.1) is 0 Å². The third-order valence-corrected chi connectivity index (χ3v) is 7.03. The van der Waals surface area contributed by atoms with Crippen molar-refractivity contribution in [2.24, 2.45) is 0 Å². The molecule has 1 N–H and O–H groups in total. The molecule has 1 fully saturated rings. The van der Waals surface area contributed by atoms with Crippen LogP contribution in [0.15, 0.2) is 36.4 Å². The number of carbonyl (C=O) groups excluding carboxylic acids is 1. The Bertz CT molecular complexity index is 1230. The largest absolute Gasteiger partial charge is 0.371 e. The van der Waals surface area contributed by atoms with Gasteiger partial charge in [0.1, 0.15) is 5.82 Å². The van der Waals surface area contributed by atoms with Gasteiger partial charge >= 0.3 is 0 Å². The molecule has 1 amide bonds. The van der Waals surface area contributed by atoms with Crippen molar-refractivity contribution in [2.75, 3.05) is 31.1 Å². The molecule has 1 aromatic heterocycles. The van der Waals surface area contributed by atoms with Crippen LogP contribution in [-0.4, -0.2) is 52.2 Å². The van der Waals surface area contributed by atoms with E-state index in [-0.39, 0.29) is 5.91 Å². The van der Waals surface area contributed by atoms with Crippen molar-refractivity contribution < 1.29 is 4.79 Å². The monoisotopic (exact) mass is 514 g/mol. The van der Waals surface area contributed by atoms with Crippen molar-refractivity contribution in [3.05, 3.63) is 64.5 Å². The summed E-state index contributed by atoms with van der Waals surface area (Å²) in [6, 6.07) is 14.2. The first kappa shape index (κ1) is 28.9. The topological polar surface area (TPSA) is 88.9 Å². The van der Waals surface area contributed by atoms with Gasteiger partial charge in [0.25, 0.3) is 5.91 Å². The minimum absolute atomic E-state index is 0.0726. The van der Waals surface area contributed by atoms with Crippen LogP contribution in [0.25, 0.3) is 11.4 Å². The van der Waals surface area contributed by atoms with Crippen LogP contribution in [-0.2, 0) is 0 Å². The van der Waals surface area contributed by atoms with Crippen molar-refractivity contribution in [2.45, 2.75) is 73.1 Å².